The molecular weight excluding hydrogens is 336 g/mol. The Morgan fingerprint density at radius 2 is 1.48 bits per heavy atom. The lowest BCUT2D eigenvalue weighted by Gasteiger charge is -2.55. The second-order valence-corrected chi connectivity index (χ2v) is 8.84. The molecule has 0 radical (unpaired) electrons. The van der Waals surface area contributed by atoms with Crippen molar-refractivity contribution >= 4 is 5.97 Å². The van der Waals surface area contributed by atoms with Crippen molar-refractivity contribution < 1.29 is 14.3 Å². The van der Waals surface area contributed by atoms with Crippen LogP contribution in [0.4, 0.5) is 0 Å². The Morgan fingerprint density at radius 1 is 0.852 bits per heavy atom. The quantitative estimate of drug-likeness (QED) is 0.636. The molecule has 2 aromatic carbocycles. The lowest BCUT2D eigenvalue weighted by atomic mass is 9.49. The number of carbonyl (C=O) groups is 1. The molecule has 3 nitrogen and oxygen atoms in total. The predicted octanol–water partition coefficient (Wildman–Crippen LogP) is 5.74. The fourth-order valence-corrected chi connectivity index (χ4v) is 5.99. The van der Waals surface area contributed by atoms with Crippen molar-refractivity contribution in [2.75, 3.05) is 0 Å². The van der Waals surface area contributed by atoms with Gasteiger partial charge in [0, 0.05) is 0 Å². The molecular formula is C24H26O3. The topological polar surface area (TPSA) is 35.5 Å². The smallest absolute Gasteiger partial charge is 0.312 e. The molecule has 0 heterocycles. The summed E-state index contributed by atoms with van der Waals surface area (Å²) in [5.41, 5.74) is 0.786. The molecule has 4 fully saturated rings. The Morgan fingerprint density at radius 3 is 2.15 bits per heavy atom. The molecule has 0 unspecified atom stereocenters. The molecule has 0 N–H and O–H groups in total. The minimum Gasteiger partial charge on any atom is -0.460 e. The highest BCUT2D eigenvalue weighted by Gasteiger charge is 2.55. The average Bonchev–Trinajstić information content (AvgIpc) is 2.66. The molecule has 140 valence electrons. The van der Waals surface area contributed by atoms with Gasteiger partial charge in [0.25, 0.3) is 0 Å². The standard InChI is InChI=1S/C24H26O3/c25-23(24-13-18-9-19(14-24)11-20(10-18)15-24)26-16-17-5-4-8-22(12-17)27-21-6-2-1-3-7-21/h1-8,12,18-20H,9-11,13-16H2. The summed E-state index contributed by atoms with van der Waals surface area (Å²) in [4.78, 5) is 13.0. The van der Waals surface area contributed by atoms with E-state index in [0.717, 1.165) is 54.1 Å². The van der Waals surface area contributed by atoms with Crippen molar-refractivity contribution in [1.29, 1.82) is 0 Å². The molecule has 4 bridgehead atoms. The fraction of sp³-hybridized carbons (Fsp3) is 0.458. The van der Waals surface area contributed by atoms with E-state index in [0.29, 0.717) is 6.61 Å². The minimum absolute atomic E-state index is 0.0379. The summed E-state index contributed by atoms with van der Waals surface area (Å²) < 4.78 is 11.7. The molecule has 0 aromatic heterocycles. The van der Waals surface area contributed by atoms with Crippen LogP contribution in [-0.4, -0.2) is 5.97 Å². The normalized spacial score (nSPS) is 30.9. The number of ether oxygens (including phenoxy) is 2. The van der Waals surface area contributed by atoms with E-state index in [2.05, 4.69) is 0 Å². The van der Waals surface area contributed by atoms with E-state index in [1.807, 2.05) is 54.6 Å². The first-order valence-corrected chi connectivity index (χ1v) is 10.2. The van der Waals surface area contributed by atoms with Crippen LogP contribution >= 0.6 is 0 Å². The van der Waals surface area contributed by atoms with Crippen LogP contribution in [0.5, 0.6) is 11.5 Å². The number of hydrogen-bond acceptors (Lipinski definition) is 3. The SMILES string of the molecule is O=C(OCc1cccc(Oc2ccccc2)c1)C12CC3CC(CC(C3)C1)C2. The van der Waals surface area contributed by atoms with Gasteiger partial charge in [-0.05, 0) is 86.1 Å². The van der Waals surface area contributed by atoms with Gasteiger partial charge in [0.1, 0.15) is 18.1 Å². The number of rotatable bonds is 5. The molecule has 0 spiro atoms. The molecule has 0 amide bonds. The molecule has 6 rings (SSSR count). The molecule has 0 atom stereocenters. The highest BCUT2D eigenvalue weighted by Crippen LogP contribution is 2.60. The molecule has 0 aliphatic heterocycles. The minimum atomic E-state index is -0.188. The summed E-state index contributed by atoms with van der Waals surface area (Å²) in [6.07, 6.45) is 7.17. The predicted molar refractivity (Wildman–Crippen MR) is 103 cm³/mol. The Kier molecular flexibility index (Phi) is 4.18. The van der Waals surface area contributed by atoms with Crippen molar-refractivity contribution in [3.63, 3.8) is 0 Å². The highest BCUT2D eigenvalue weighted by molar-refractivity contribution is 5.77. The van der Waals surface area contributed by atoms with Gasteiger partial charge >= 0.3 is 5.97 Å². The van der Waals surface area contributed by atoms with Crippen LogP contribution in [-0.2, 0) is 16.1 Å². The number of hydrogen-bond donors (Lipinski definition) is 0. The summed E-state index contributed by atoms with van der Waals surface area (Å²) in [7, 11) is 0. The van der Waals surface area contributed by atoms with Gasteiger partial charge in [0.05, 0.1) is 5.41 Å². The van der Waals surface area contributed by atoms with Gasteiger partial charge in [-0.1, -0.05) is 30.3 Å². The van der Waals surface area contributed by atoms with Crippen LogP contribution in [0.25, 0.3) is 0 Å². The Bertz CT molecular complexity index is 791. The molecule has 4 saturated carbocycles. The summed E-state index contributed by atoms with van der Waals surface area (Å²) in [5, 5.41) is 0. The first-order valence-electron chi connectivity index (χ1n) is 10.2. The van der Waals surface area contributed by atoms with Crippen LogP contribution in [0, 0.1) is 23.2 Å². The lowest BCUT2D eigenvalue weighted by molar-refractivity contribution is -0.172. The van der Waals surface area contributed by atoms with Crippen LogP contribution in [0.15, 0.2) is 54.6 Å². The van der Waals surface area contributed by atoms with E-state index in [-0.39, 0.29) is 11.4 Å². The first-order chi connectivity index (χ1) is 13.2. The van der Waals surface area contributed by atoms with Crippen molar-refractivity contribution in [1.82, 2.24) is 0 Å². The maximum atomic E-state index is 13.0. The van der Waals surface area contributed by atoms with E-state index in [1.54, 1.807) is 0 Å². The van der Waals surface area contributed by atoms with E-state index < -0.39 is 0 Å². The van der Waals surface area contributed by atoms with E-state index in [1.165, 1.54) is 19.3 Å². The maximum Gasteiger partial charge on any atom is 0.312 e. The zero-order valence-electron chi connectivity index (χ0n) is 15.6. The summed E-state index contributed by atoms with van der Waals surface area (Å²) >= 11 is 0. The summed E-state index contributed by atoms with van der Waals surface area (Å²) in [6, 6.07) is 17.6. The molecule has 27 heavy (non-hydrogen) atoms. The van der Waals surface area contributed by atoms with E-state index in [4.69, 9.17) is 9.47 Å². The second-order valence-electron chi connectivity index (χ2n) is 8.84. The molecule has 4 aliphatic rings. The van der Waals surface area contributed by atoms with E-state index >= 15 is 0 Å². The lowest BCUT2D eigenvalue weighted by Crippen LogP contribution is -2.50. The van der Waals surface area contributed by atoms with Gasteiger partial charge in [-0.25, -0.2) is 0 Å². The third-order valence-corrected chi connectivity index (χ3v) is 6.72. The Hall–Kier alpha value is -2.29. The van der Waals surface area contributed by atoms with Gasteiger partial charge in [-0.2, -0.15) is 0 Å². The summed E-state index contributed by atoms with van der Waals surface area (Å²) in [6.45, 7) is 0.326. The number of esters is 1. The first kappa shape index (κ1) is 16.9. The van der Waals surface area contributed by atoms with Gasteiger partial charge in [-0.15, -0.1) is 0 Å². The van der Waals surface area contributed by atoms with Gasteiger partial charge in [0.2, 0.25) is 0 Å². The van der Waals surface area contributed by atoms with Crippen LogP contribution in [0.3, 0.4) is 0 Å². The zero-order valence-corrected chi connectivity index (χ0v) is 15.6. The largest absolute Gasteiger partial charge is 0.460 e. The maximum absolute atomic E-state index is 13.0. The van der Waals surface area contributed by atoms with Crippen molar-refractivity contribution in [2.24, 2.45) is 23.2 Å². The van der Waals surface area contributed by atoms with Crippen molar-refractivity contribution in [3.05, 3.63) is 60.2 Å². The van der Waals surface area contributed by atoms with Crippen LogP contribution in [0.2, 0.25) is 0 Å². The highest BCUT2D eigenvalue weighted by atomic mass is 16.5. The van der Waals surface area contributed by atoms with Crippen LogP contribution < -0.4 is 4.74 Å². The molecule has 2 aromatic rings. The Balaban J connectivity index is 1.24. The number of benzene rings is 2. The fourth-order valence-electron chi connectivity index (χ4n) is 5.99. The third-order valence-electron chi connectivity index (χ3n) is 6.72. The Labute approximate surface area is 160 Å². The van der Waals surface area contributed by atoms with Gasteiger partial charge in [0.15, 0.2) is 0 Å². The monoisotopic (exact) mass is 362 g/mol. The number of carbonyl (C=O) groups excluding carboxylic acids is 1. The average molecular weight is 362 g/mol. The number of para-hydroxylation sites is 1. The zero-order chi connectivity index (χ0) is 18.3. The molecule has 0 saturated heterocycles. The van der Waals surface area contributed by atoms with Gasteiger partial charge in [-0.3, -0.25) is 4.79 Å². The van der Waals surface area contributed by atoms with Crippen LogP contribution in [0.1, 0.15) is 44.1 Å². The van der Waals surface area contributed by atoms with E-state index in [9.17, 15) is 4.79 Å². The molecule has 4 aliphatic carbocycles. The molecule has 3 heteroatoms. The third kappa shape index (κ3) is 3.36. The van der Waals surface area contributed by atoms with Crippen molar-refractivity contribution in [2.45, 2.75) is 45.1 Å². The summed E-state index contributed by atoms with van der Waals surface area (Å²) in [5.74, 6) is 3.88. The second kappa shape index (κ2) is 6.70. The van der Waals surface area contributed by atoms with Gasteiger partial charge < -0.3 is 9.47 Å². The van der Waals surface area contributed by atoms with Crippen molar-refractivity contribution in [3.8, 4) is 11.5 Å².